The van der Waals surface area contributed by atoms with E-state index in [1.807, 2.05) is 55.6 Å². The normalized spacial score (nSPS) is 12.2. The summed E-state index contributed by atoms with van der Waals surface area (Å²) in [6.07, 6.45) is 0. The first-order valence-corrected chi connectivity index (χ1v) is 12.0. The maximum Gasteiger partial charge on any atom is 0.277 e. The lowest BCUT2D eigenvalue weighted by molar-refractivity contribution is -0.115. The summed E-state index contributed by atoms with van der Waals surface area (Å²) in [5, 5.41) is 11.3. The zero-order valence-electron chi connectivity index (χ0n) is 18.2. The van der Waals surface area contributed by atoms with Crippen LogP contribution in [0.3, 0.4) is 0 Å². The number of thioether (sulfide) groups is 1. The van der Waals surface area contributed by atoms with E-state index in [0.717, 1.165) is 28.1 Å². The number of carbonyl (C=O) groups excluding carboxylic acids is 1. The van der Waals surface area contributed by atoms with Gasteiger partial charge in [-0.3, -0.25) is 9.69 Å². The van der Waals surface area contributed by atoms with E-state index in [9.17, 15) is 4.79 Å². The number of nitrogens with zero attached hydrogens (tertiary/aromatic N) is 4. The number of hydrogen-bond acceptors (Lipinski definition) is 9. The molecule has 168 valence electrons. The molecular formula is C23H20N4O4S2. The number of aromatic nitrogens is 3. The number of fused-ring (bicyclic) bond motifs is 1. The summed E-state index contributed by atoms with van der Waals surface area (Å²) in [6.45, 7) is 5.76. The topological polar surface area (TPSA) is 90.6 Å². The van der Waals surface area contributed by atoms with Crippen LogP contribution in [0.1, 0.15) is 23.7 Å². The van der Waals surface area contributed by atoms with Crippen molar-refractivity contribution in [2.24, 2.45) is 0 Å². The highest BCUT2D eigenvalue weighted by Crippen LogP contribution is 2.37. The smallest absolute Gasteiger partial charge is 0.277 e. The van der Waals surface area contributed by atoms with Crippen molar-refractivity contribution in [2.75, 3.05) is 11.7 Å². The largest absolute Gasteiger partial charge is 0.454 e. The van der Waals surface area contributed by atoms with Crippen LogP contribution in [-0.4, -0.2) is 27.9 Å². The number of rotatable bonds is 6. The van der Waals surface area contributed by atoms with Gasteiger partial charge in [-0.05, 0) is 43.2 Å². The van der Waals surface area contributed by atoms with E-state index in [1.165, 1.54) is 23.1 Å². The number of thiazole rings is 1. The third-order valence-electron chi connectivity index (χ3n) is 5.08. The van der Waals surface area contributed by atoms with Crippen molar-refractivity contribution in [1.82, 2.24) is 15.2 Å². The molecule has 0 N–H and O–H groups in total. The van der Waals surface area contributed by atoms with E-state index in [2.05, 4.69) is 10.2 Å². The number of aryl methyl sites for hydroxylation is 2. The van der Waals surface area contributed by atoms with Gasteiger partial charge in [0, 0.05) is 23.6 Å². The number of para-hydroxylation sites is 1. The molecule has 0 fully saturated rings. The minimum Gasteiger partial charge on any atom is -0.454 e. The van der Waals surface area contributed by atoms with Crippen LogP contribution < -0.4 is 14.4 Å². The SMILES string of the molecule is CC(=O)N(c1nc(CSc2nnc(-c3ccc4c(c3)OCO4)o2)cs1)c1c(C)cccc1C. The molecule has 0 bridgehead atoms. The minimum atomic E-state index is -0.0776. The molecular weight excluding hydrogens is 460 g/mol. The van der Waals surface area contributed by atoms with Crippen LogP contribution in [0.2, 0.25) is 0 Å². The van der Waals surface area contributed by atoms with Gasteiger partial charge in [0.15, 0.2) is 16.6 Å². The Kier molecular flexibility index (Phi) is 5.77. The zero-order valence-corrected chi connectivity index (χ0v) is 19.8. The molecule has 5 rings (SSSR count). The van der Waals surface area contributed by atoms with Gasteiger partial charge in [0.2, 0.25) is 18.6 Å². The number of amides is 1. The molecule has 2 aromatic heterocycles. The van der Waals surface area contributed by atoms with E-state index in [1.54, 1.807) is 11.8 Å². The van der Waals surface area contributed by atoms with Crippen LogP contribution in [0.25, 0.3) is 11.5 Å². The maximum absolute atomic E-state index is 12.5. The Labute approximate surface area is 198 Å². The Hall–Kier alpha value is -3.37. The molecule has 10 heteroatoms. The minimum absolute atomic E-state index is 0.0776. The summed E-state index contributed by atoms with van der Waals surface area (Å²) < 4.78 is 16.5. The second kappa shape index (κ2) is 8.87. The van der Waals surface area contributed by atoms with E-state index >= 15 is 0 Å². The Morgan fingerprint density at radius 2 is 1.91 bits per heavy atom. The van der Waals surface area contributed by atoms with Crippen LogP contribution in [0.4, 0.5) is 10.8 Å². The van der Waals surface area contributed by atoms with Gasteiger partial charge in [-0.1, -0.05) is 30.0 Å². The number of hydrogen-bond donors (Lipinski definition) is 0. The Morgan fingerprint density at radius 1 is 1.12 bits per heavy atom. The lowest BCUT2D eigenvalue weighted by atomic mass is 10.1. The van der Waals surface area contributed by atoms with E-state index in [4.69, 9.17) is 18.9 Å². The van der Waals surface area contributed by atoms with Crippen LogP contribution in [-0.2, 0) is 10.5 Å². The summed E-state index contributed by atoms with van der Waals surface area (Å²) in [7, 11) is 0. The molecule has 4 aromatic rings. The van der Waals surface area contributed by atoms with Crippen molar-refractivity contribution in [1.29, 1.82) is 0 Å². The van der Waals surface area contributed by atoms with Gasteiger partial charge in [0.1, 0.15) is 0 Å². The second-order valence-corrected chi connectivity index (χ2v) is 9.21. The van der Waals surface area contributed by atoms with Crippen LogP contribution in [0, 0.1) is 13.8 Å². The summed E-state index contributed by atoms with van der Waals surface area (Å²) in [4.78, 5) is 18.9. The first-order valence-electron chi connectivity index (χ1n) is 10.2. The number of carbonyl (C=O) groups is 1. The highest BCUT2D eigenvalue weighted by Gasteiger charge is 2.22. The molecule has 0 saturated heterocycles. The first-order chi connectivity index (χ1) is 16.0. The highest BCUT2D eigenvalue weighted by atomic mass is 32.2. The van der Waals surface area contributed by atoms with Gasteiger partial charge in [-0.2, -0.15) is 0 Å². The third kappa shape index (κ3) is 4.31. The van der Waals surface area contributed by atoms with Crippen molar-refractivity contribution < 1.29 is 18.7 Å². The van der Waals surface area contributed by atoms with Crippen molar-refractivity contribution in [3.8, 4) is 23.0 Å². The van der Waals surface area contributed by atoms with Gasteiger partial charge in [-0.15, -0.1) is 21.5 Å². The van der Waals surface area contributed by atoms with Gasteiger partial charge >= 0.3 is 0 Å². The first kappa shape index (κ1) is 21.5. The van der Waals surface area contributed by atoms with Crippen LogP contribution in [0.15, 0.2) is 51.4 Å². The average Bonchev–Trinajstić information content (AvgIpc) is 3.55. The van der Waals surface area contributed by atoms with Crippen LogP contribution in [0.5, 0.6) is 11.5 Å². The zero-order chi connectivity index (χ0) is 22.9. The molecule has 0 unspecified atom stereocenters. The molecule has 1 amide bonds. The lowest BCUT2D eigenvalue weighted by Gasteiger charge is -2.22. The monoisotopic (exact) mass is 480 g/mol. The number of benzene rings is 2. The average molecular weight is 481 g/mol. The maximum atomic E-state index is 12.5. The fourth-order valence-electron chi connectivity index (χ4n) is 3.56. The van der Waals surface area contributed by atoms with Gasteiger partial charge in [0.05, 0.1) is 11.4 Å². The van der Waals surface area contributed by atoms with Gasteiger partial charge in [-0.25, -0.2) is 4.98 Å². The molecule has 0 spiro atoms. The molecule has 33 heavy (non-hydrogen) atoms. The molecule has 0 aliphatic carbocycles. The Morgan fingerprint density at radius 3 is 2.70 bits per heavy atom. The highest BCUT2D eigenvalue weighted by molar-refractivity contribution is 7.98. The van der Waals surface area contributed by atoms with Crippen molar-refractivity contribution >= 4 is 39.8 Å². The molecule has 0 saturated carbocycles. The molecule has 2 aromatic carbocycles. The van der Waals surface area contributed by atoms with Crippen molar-refractivity contribution in [3.05, 3.63) is 58.6 Å². The summed E-state index contributed by atoms with van der Waals surface area (Å²) >= 11 is 2.83. The quantitative estimate of drug-likeness (QED) is 0.334. The van der Waals surface area contributed by atoms with Crippen molar-refractivity contribution in [2.45, 2.75) is 31.7 Å². The fraction of sp³-hybridized carbons (Fsp3) is 0.217. The summed E-state index contributed by atoms with van der Waals surface area (Å²) in [6, 6.07) is 11.5. The summed E-state index contributed by atoms with van der Waals surface area (Å²) in [5.74, 6) is 2.23. The van der Waals surface area contributed by atoms with E-state index in [0.29, 0.717) is 33.5 Å². The molecule has 8 nitrogen and oxygen atoms in total. The Bertz CT molecular complexity index is 1310. The van der Waals surface area contributed by atoms with Gasteiger partial charge in [0.25, 0.3) is 5.22 Å². The Balaban J connectivity index is 1.30. The molecule has 0 atom stereocenters. The van der Waals surface area contributed by atoms with E-state index < -0.39 is 0 Å². The predicted octanol–water partition coefficient (Wildman–Crippen LogP) is 5.52. The van der Waals surface area contributed by atoms with Crippen LogP contribution >= 0.6 is 23.1 Å². The standard InChI is InChI=1S/C23H20N4O4S2/c1-13-5-4-6-14(2)20(13)27(15(3)28)22-24-17(10-32-22)11-33-23-26-25-21(31-23)16-7-8-18-19(9-16)30-12-29-18/h4-10H,11-12H2,1-3H3. The molecule has 1 aliphatic heterocycles. The molecule has 3 heterocycles. The number of anilines is 2. The second-order valence-electron chi connectivity index (χ2n) is 7.45. The predicted molar refractivity (Wildman–Crippen MR) is 126 cm³/mol. The lowest BCUT2D eigenvalue weighted by Crippen LogP contribution is -2.24. The number of ether oxygens (including phenoxy) is 2. The van der Waals surface area contributed by atoms with E-state index in [-0.39, 0.29) is 12.7 Å². The van der Waals surface area contributed by atoms with Crippen molar-refractivity contribution in [3.63, 3.8) is 0 Å². The third-order valence-corrected chi connectivity index (χ3v) is 6.81. The van der Waals surface area contributed by atoms with Gasteiger partial charge < -0.3 is 13.9 Å². The summed E-state index contributed by atoms with van der Waals surface area (Å²) in [5.41, 5.74) is 4.53. The molecule has 1 aliphatic rings. The molecule has 0 radical (unpaired) electrons. The fourth-order valence-corrected chi connectivity index (χ4v) is 5.20.